The minimum absolute atomic E-state index is 0.0360. The summed E-state index contributed by atoms with van der Waals surface area (Å²) in [5, 5.41) is 5.58. The summed E-state index contributed by atoms with van der Waals surface area (Å²) in [6, 6.07) is 14.4. The third-order valence-electron chi connectivity index (χ3n) is 5.24. The average molecular weight is 424 g/mol. The van der Waals surface area contributed by atoms with Gasteiger partial charge in [0.2, 0.25) is 5.91 Å². The summed E-state index contributed by atoms with van der Waals surface area (Å²) in [5.41, 5.74) is 2.40. The second-order valence-corrected chi connectivity index (χ2v) is 7.71. The zero-order chi connectivity index (χ0) is 22.2. The van der Waals surface area contributed by atoms with Gasteiger partial charge in [-0.3, -0.25) is 14.4 Å². The number of aryl methyl sites for hydroxylation is 1. The van der Waals surface area contributed by atoms with Crippen molar-refractivity contribution in [1.29, 1.82) is 0 Å². The fourth-order valence-corrected chi connectivity index (χ4v) is 3.53. The van der Waals surface area contributed by atoms with Crippen molar-refractivity contribution in [3.8, 4) is 5.75 Å². The van der Waals surface area contributed by atoms with Crippen molar-refractivity contribution in [1.82, 2.24) is 10.2 Å². The molecule has 1 fully saturated rings. The van der Waals surface area contributed by atoms with Gasteiger partial charge in [-0.05, 0) is 63.1 Å². The number of piperidine rings is 1. The molecule has 2 N–H and O–H groups in total. The van der Waals surface area contributed by atoms with Gasteiger partial charge in [-0.15, -0.1) is 0 Å². The van der Waals surface area contributed by atoms with Crippen LogP contribution in [0.25, 0.3) is 0 Å². The summed E-state index contributed by atoms with van der Waals surface area (Å²) in [6.45, 7) is 5.41. The molecule has 1 heterocycles. The first kappa shape index (κ1) is 22.3. The summed E-state index contributed by atoms with van der Waals surface area (Å²) in [4.78, 5) is 38.8. The Morgan fingerprint density at radius 2 is 1.77 bits per heavy atom. The summed E-state index contributed by atoms with van der Waals surface area (Å²) in [6.07, 6.45) is 1.54. The van der Waals surface area contributed by atoms with Crippen LogP contribution in [0.4, 0.5) is 5.69 Å². The van der Waals surface area contributed by atoms with E-state index in [1.54, 1.807) is 29.2 Å². The maximum atomic E-state index is 12.8. The SMILES string of the molecule is CCNC(=O)COc1ccc(NC(=O)C2CCCN(C(=O)c3ccc(C)cc3)C2)cc1. The molecular weight excluding hydrogens is 394 g/mol. The molecule has 1 aliphatic heterocycles. The number of ether oxygens (including phenoxy) is 1. The number of rotatable bonds is 7. The van der Waals surface area contributed by atoms with Gasteiger partial charge in [0.1, 0.15) is 5.75 Å². The molecule has 3 rings (SSSR count). The van der Waals surface area contributed by atoms with Crippen LogP contribution in [0.1, 0.15) is 35.7 Å². The predicted molar refractivity (Wildman–Crippen MR) is 119 cm³/mol. The van der Waals surface area contributed by atoms with Crippen LogP contribution in [0.5, 0.6) is 5.75 Å². The van der Waals surface area contributed by atoms with Crippen molar-refractivity contribution in [3.05, 3.63) is 59.7 Å². The first-order valence-electron chi connectivity index (χ1n) is 10.6. The lowest BCUT2D eigenvalue weighted by atomic mass is 9.96. The zero-order valence-electron chi connectivity index (χ0n) is 18.0. The smallest absolute Gasteiger partial charge is 0.257 e. The lowest BCUT2D eigenvalue weighted by molar-refractivity contribution is -0.123. The highest BCUT2D eigenvalue weighted by molar-refractivity contribution is 5.96. The number of hydrogen-bond donors (Lipinski definition) is 2. The molecule has 2 aromatic carbocycles. The van der Waals surface area contributed by atoms with Gasteiger partial charge in [-0.25, -0.2) is 0 Å². The van der Waals surface area contributed by atoms with Crippen LogP contribution in [0.15, 0.2) is 48.5 Å². The minimum Gasteiger partial charge on any atom is -0.484 e. The topological polar surface area (TPSA) is 87.7 Å². The molecule has 1 atom stereocenters. The first-order valence-corrected chi connectivity index (χ1v) is 10.6. The van der Waals surface area contributed by atoms with Gasteiger partial charge in [0, 0.05) is 30.9 Å². The molecule has 0 saturated carbocycles. The summed E-state index contributed by atoms with van der Waals surface area (Å²) >= 11 is 0. The van der Waals surface area contributed by atoms with Gasteiger partial charge in [-0.2, -0.15) is 0 Å². The number of likely N-dealkylation sites (N-methyl/N-ethyl adjacent to an activating group) is 1. The van der Waals surface area contributed by atoms with Crippen LogP contribution < -0.4 is 15.4 Å². The standard InChI is InChI=1S/C24H29N3O4/c1-3-25-22(28)16-31-21-12-10-20(11-13-21)26-23(29)19-5-4-14-27(15-19)24(30)18-8-6-17(2)7-9-18/h6-13,19H,3-5,14-16H2,1-2H3,(H,25,28)(H,26,29). The van der Waals surface area contributed by atoms with Crippen molar-refractivity contribution in [2.75, 3.05) is 31.6 Å². The number of carbonyl (C=O) groups is 3. The minimum atomic E-state index is -0.253. The van der Waals surface area contributed by atoms with Crippen LogP contribution in [0.3, 0.4) is 0 Å². The van der Waals surface area contributed by atoms with E-state index in [1.807, 2.05) is 38.1 Å². The predicted octanol–water partition coefficient (Wildman–Crippen LogP) is 3.00. The van der Waals surface area contributed by atoms with Gasteiger partial charge in [0.25, 0.3) is 11.8 Å². The van der Waals surface area contributed by atoms with E-state index >= 15 is 0 Å². The van der Waals surface area contributed by atoms with E-state index in [9.17, 15) is 14.4 Å². The van der Waals surface area contributed by atoms with Gasteiger partial charge < -0.3 is 20.3 Å². The first-order chi connectivity index (χ1) is 15.0. The normalized spacial score (nSPS) is 15.8. The summed E-state index contributed by atoms with van der Waals surface area (Å²) in [5.74, 6) is -0.0148. The molecule has 3 amide bonds. The second-order valence-electron chi connectivity index (χ2n) is 7.71. The van der Waals surface area contributed by atoms with Crippen molar-refractivity contribution in [2.45, 2.75) is 26.7 Å². The molecule has 1 saturated heterocycles. The van der Waals surface area contributed by atoms with E-state index in [2.05, 4.69) is 10.6 Å². The quantitative estimate of drug-likeness (QED) is 0.717. The summed E-state index contributed by atoms with van der Waals surface area (Å²) < 4.78 is 5.42. The molecule has 0 spiro atoms. The highest BCUT2D eigenvalue weighted by Crippen LogP contribution is 2.22. The third kappa shape index (κ3) is 6.31. The molecule has 2 aromatic rings. The Kier molecular flexibility index (Phi) is 7.65. The third-order valence-corrected chi connectivity index (χ3v) is 5.24. The van der Waals surface area contributed by atoms with Crippen molar-refractivity contribution >= 4 is 23.4 Å². The molecule has 7 nitrogen and oxygen atoms in total. The van der Waals surface area contributed by atoms with E-state index in [-0.39, 0.29) is 30.2 Å². The molecule has 31 heavy (non-hydrogen) atoms. The Hall–Kier alpha value is -3.35. The molecule has 1 unspecified atom stereocenters. The number of nitrogens with one attached hydrogen (secondary N) is 2. The number of hydrogen-bond acceptors (Lipinski definition) is 4. The second kappa shape index (κ2) is 10.6. The van der Waals surface area contributed by atoms with Gasteiger partial charge in [0.15, 0.2) is 6.61 Å². The lowest BCUT2D eigenvalue weighted by Gasteiger charge is -2.32. The van der Waals surface area contributed by atoms with Gasteiger partial charge in [-0.1, -0.05) is 17.7 Å². The maximum Gasteiger partial charge on any atom is 0.257 e. The monoisotopic (exact) mass is 423 g/mol. The van der Waals surface area contributed by atoms with E-state index in [0.717, 1.165) is 18.4 Å². The number of anilines is 1. The van der Waals surface area contributed by atoms with Crippen LogP contribution in [0.2, 0.25) is 0 Å². The summed E-state index contributed by atoms with van der Waals surface area (Å²) in [7, 11) is 0. The highest BCUT2D eigenvalue weighted by Gasteiger charge is 2.29. The zero-order valence-corrected chi connectivity index (χ0v) is 18.0. The van der Waals surface area contributed by atoms with Gasteiger partial charge in [0.05, 0.1) is 5.92 Å². The molecule has 7 heteroatoms. The van der Waals surface area contributed by atoms with E-state index < -0.39 is 0 Å². The molecule has 1 aliphatic rings. The fourth-order valence-electron chi connectivity index (χ4n) is 3.53. The number of amides is 3. The molecule has 0 aliphatic carbocycles. The number of likely N-dealkylation sites (tertiary alicyclic amines) is 1. The Morgan fingerprint density at radius 1 is 1.06 bits per heavy atom. The Labute approximate surface area is 182 Å². The Balaban J connectivity index is 1.53. The average Bonchev–Trinajstić information content (AvgIpc) is 2.79. The molecular formula is C24H29N3O4. The Bertz CT molecular complexity index is 909. The number of carbonyl (C=O) groups excluding carboxylic acids is 3. The van der Waals surface area contributed by atoms with E-state index in [1.165, 1.54) is 0 Å². The van der Waals surface area contributed by atoms with Crippen molar-refractivity contribution in [2.24, 2.45) is 5.92 Å². The highest BCUT2D eigenvalue weighted by atomic mass is 16.5. The Morgan fingerprint density at radius 3 is 2.45 bits per heavy atom. The van der Waals surface area contributed by atoms with Crippen molar-refractivity contribution < 1.29 is 19.1 Å². The van der Waals surface area contributed by atoms with Crippen LogP contribution in [-0.2, 0) is 9.59 Å². The molecule has 0 bridgehead atoms. The van der Waals surface area contributed by atoms with Crippen LogP contribution >= 0.6 is 0 Å². The number of benzene rings is 2. The molecule has 0 aromatic heterocycles. The fraction of sp³-hybridized carbons (Fsp3) is 0.375. The van der Waals surface area contributed by atoms with Crippen LogP contribution in [-0.4, -0.2) is 48.9 Å². The van der Waals surface area contributed by atoms with Gasteiger partial charge >= 0.3 is 0 Å². The van der Waals surface area contributed by atoms with E-state index in [0.29, 0.717) is 36.6 Å². The largest absolute Gasteiger partial charge is 0.484 e. The molecule has 164 valence electrons. The number of nitrogens with zero attached hydrogens (tertiary/aromatic N) is 1. The van der Waals surface area contributed by atoms with E-state index in [4.69, 9.17) is 4.74 Å². The maximum absolute atomic E-state index is 12.8. The lowest BCUT2D eigenvalue weighted by Crippen LogP contribution is -2.43. The van der Waals surface area contributed by atoms with Crippen molar-refractivity contribution in [3.63, 3.8) is 0 Å². The van der Waals surface area contributed by atoms with Crippen LogP contribution in [0, 0.1) is 12.8 Å². The molecule has 0 radical (unpaired) electrons.